The van der Waals surface area contributed by atoms with Gasteiger partial charge in [-0.2, -0.15) is 0 Å². The lowest BCUT2D eigenvalue weighted by Gasteiger charge is -1.89. The van der Waals surface area contributed by atoms with E-state index in [4.69, 9.17) is 14.3 Å². The summed E-state index contributed by atoms with van der Waals surface area (Å²) in [7, 11) is 5.00. The molecule has 0 aliphatic rings. The van der Waals surface area contributed by atoms with Gasteiger partial charge in [0, 0.05) is 27.0 Å². The molecule has 0 unspecified atom stereocenters. The Balaban J connectivity index is -0.0000000619. The first kappa shape index (κ1) is 33.0. The molecule has 23 heavy (non-hydrogen) atoms. The zero-order valence-electron chi connectivity index (χ0n) is 16.6. The van der Waals surface area contributed by atoms with Gasteiger partial charge in [-0.1, -0.05) is 41.0 Å². The van der Waals surface area contributed by atoms with Crippen LogP contribution in [0.5, 0.6) is 0 Å². The van der Waals surface area contributed by atoms with Crippen molar-refractivity contribution in [2.75, 3.05) is 20.8 Å². The van der Waals surface area contributed by atoms with Crippen LogP contribution in [-0.4, -0.2) is 43.6 Å². The number of rotatable bonds is 4. The summed E-state index contributed by atoms with van der Waals surface area (Å²) in [4.78, 5) is 20.9. The second-order valence-corrected chi connectivity index (χ2v) is 3.36. The van der Waals surface area contributed by atoms with E-state index in [1.165, 1.54) is 20.0 Å². The van der Waals surface area contributed by atoms with E-state index in [1.54, 1.807) is 13.4 Å². The van der Waals surface area contributed by atoms with Crippen molar-refractivity contribution < 1.29 is 19.1 Å². The molecule has 0 aliphatic heterocycles. The molecule has 0 bridgehead atoms. The van der Waals surface area contributed by atoms with E-state index in [1.807, 2.05) is 59.2 Å². The fraction of sp³-hybridized carbons (Fsp3) is 0.706. The zero-order valence-corrected chi connectivity index (χ0v) is 16.6. The molecule has 0 aromatic carbocycles. The molecule has 6 nitrogen and oxygen atoms in total. The summed E-state index contributed by atoms with van der Waals surface area (Å²) in [6.45, 7) is 15.4. The number of aryl methyl sites for hydroxylation is 2. The number of carbonyl (C=O) groups excluding carboxylic acids is 2. The minimum Gasteiger partial charge on any atom is -0.471 e. The van der Waals surface area contributed by atoms with Crippen LogP contribution in [-0.2, 0) is 26.1 Å². The van der Waals surface area contributed by atoms with E-state index in [0.29, 0.717) is 6.47 Å². The predicted octanol–water partition coefficient (Wildman–Crippen LogP) is 3.82. The van der Waals surface area contributed by atoms with Crippen molar-refractivity contribution in [1.29, 1.82) is 0 Å². The average Bonchev–Trinajstić information content (AvgIpc) is 3.02. The fourth-order valence-electron chi connectivity index (χ4n) is 0.832. The maximum Gasteiger partial charge on any atom is 0.292 e. The van der Waals surface area contributed by atoms with Gasteiger partial charge in [-0.3, -0.25) is 4.79 Å². The van der Waals surface area contributed by atoms with Gasteiger partial charge in [0.25, 0.3) is 6.47 Å². The Bertz CT molecular complexity index is 259. The highest BCUT2D eigenvalue weighted by atomic mass is 16.5. The predicted molar refractivity (Wildman–Crippen MR) is 97.6 cm³/mol. The van der Waals surface area contributed by atoms with Crippen LogP contribution in [0.4, 0.5) is 0 Å². The standard InChI is InChI=1S/C5H8N2.C5H12O.C2H4O2.2C2H6.CH2O/c1-5-3-7(2)4-6-5;1-3-4-5-6-2;1-4-2-3;3*1-2/h3-4H,1-2H3;3-5H2,1-2H3;2H,1H3;2*1-2H3;1H2. The Kier molecular flexibility index (Phi) is 61.4. The van der Waals surface area contributed by atoms with Crippen molar-refractivity contribution in [3.8, 4) is 0 Å². The van der Waals surface area contributed by atoms with Crippen LogP contribution in [0.15, 0.2) is 12.5 Å². The van der Waals surface area contributed by atoms with Gasteiger partial charge in [0.2, 0.25) is 0 Å². The molecule has 1 rings (SSSR count). The second-order valence-electron chi connectivity index (χ2n) is 3.36. The Morgan fingerprint density at radius 2 is 1.65 bits per heavy atom. The molecule has 0 aliphatic carbocycles. The minimum absolute atomic E-state index is 0.375. The Morgan fingerprint density at radius 3 is 1.74 bits per heavy atom. The molecule has 140 valence electrons. The maximum atomic E-state index is 8.95. The van der Waals surface area contributed by atoms with E-state index in [2.05, 4.69) is 16.6 Å². The number of hydrogen-bond donors (Lipinski definition) is 0. The van der Waals surface area contributed by atoms with Crippen LogP contribution >= 0.6 is 0 Å². The summed E-state index contributed by atoms with van der Waals surface area (Å²) in [5.41, 5.74) is 1.07. The number of imidazole rings is 1. The zero-order chi connectivity index (χ0) is 19.5. The molecule has 0 radical (unpaired) electrons. The van der Waals surface area contributed by atoms with E-state index in [9.17, 15) is 0 Å². The lowest BCUT2D eigenvalue weighted by molar-refractivity contribution is -0.126. The second kappa shape index (κ2) is 42.7. The summed E-state index contributed by atoms with van der Waals surface area (Å²) in [5.74, 6) is 0. The van der Waals surface area contributed by atoms with Gasteiger partial charge in [-0.25, -0.2) is 4.98 Å². The minimum atomic E-state index is 0.375. The van der Waals surface area contributed by atoms with Crippen LogP contribution in [0.25, 0.3) is 0 Å². The van der Waals surface area contributed by atoms with Gasteiger partial charge in [-0.15, -0.1) is 0 Å². The van der Waals surface area contributed by atoms with E-state index in [-0.39, 0.29) is 0 Å². The van der Waals surface area contributed by atoms with Crippen molar-refractivity contribution in [2.24, 2.45) is 7.05 Å². The summed E-state index contributed by atoms with van der Waals surface area (Å²) in [5, 5.41) is 0. The van der Waals surface area contributed by atoms with Gasteiger partial charge in [0.1, 0.15) is 6.79 Å². The van der Waals surface area contributed by atoms with Crippen LogP contribution < -0.4 is 0 Å². The first-order valence-electron chi connectivity index (χ1n) is 7.81. The molecule has 1 aromatic rings. The smallest absolute Gasteiger partial charge is 0.292 e. The topological polar surface area (TPSA) is 70.4 Å². The number of methoxy groups -OCH3 is 2. The largest absolute Gasteiger partial charge is 0.471 e. The molecule has 0 N–H and O–H groups in total. The highest BCUT2D eigenvalue weighted by Crippen LogP contribution is 1.86. The quantitative estimate of drug-likeness (QED) is 0.618. The molecular weight excluding hydrogens is 296 g/mol. The fourth-order valence-corrected chi connectivity index (χ4v) is 0.832. The Morgan fingerprint density at radius 1 is 1.22 bits per heavy atom. The summed E-state index contributed by atoms with van der Waals surface area (Å²) >= 11 is 0. The molecule has 0 amide bonds. The average molecular weight is 335 g/mol. The first-order valence-corrected chi connectivity index (χ1v) is 7.81. The number of nitrogens with zero attached hydrogens (tertiary/aromatic N) is 2. The lowest BCUT2D eigenvalue weighted by Crippen LogP contribution is -1.84. The summed E-state index contributed by atoms with van der Waals surface area (Å²) in [6.07, 6.45) is 6.18. The van der Waals surface area contributed by atoms with Crippen LogP contribution in [0.2, 0.25) is 0 Å². The molecule has 0 fully saturated rings. The van der Waals surface area contributed by atoms with Crippen LogP contribution in [0.3, 0.4) is 0 Å². The first-order chi connectivity index (χ1) is 11.1. The molecule has 1 aromatic heterocycles. The molecular formula is C17H38N2O4. The van der Waals surface area contributed by atoms with Crippen molar-refractivity contribution >= 4 is 13.3 Å². The van der Waals surface area contributed by atoms with Crippen molar-refractivity contribution in [3.63, 3.8) is 0 Å². The third-order valence-electron chi connectivity index (χ3n) is 1.63. The monoisotopic (exact) mass is 334 g/mol. The van der Waals surface area contributed by atoms with Gasteiger partial charge < -0.3 is 18.8 Å². The highest BCUT2D eigenvalue weighted by Gasteiger charge is 1.81. The van der Waals surface area contributed by atoms with Crippen LogP contribution in [0, 0.1) is 6.92 Å². The van der Waals surface area contributed by atoms with Crippen LogP contribution in [0.1, 0.15) is 53.2 Å². The summed E-state index contributed by atoms with van der Waals surface area (Å²) < 4.78 is 10.6. The van der Waals surface area contributed by atoms with E-state index >= 15 is 0 Å². The van der Waals surface area contributed by atoms with Crippen molar-refractivity contribution in [1.82, 2.24) is 9.55 Å². The molecule has 6 heteroatoms. The van der Waals surface area contributed by atoms with E-state index in [0.717, 1.165) is 12.3 Å². The number of aromatic nitrogens is 2. The molecule has 0 saturated heterocycles. The van der Waals surface area contributed by atoms with E-state index < -0.39 is 0 Å². The van der Waals surface area contributed by atoms with Gasteiger partial charge in [0.15, 0.2) is 0 Å². The molecule has 0 atom stereocenters. The van der Waals surface area contributed by atoms with Gasteiger partial charge in [0.05, 0.1) is 19.1 Å². The van der Waals surface area contributed by atoms with Gasteiger partial charge in [-0.05, 0) is 13.3 Å². The number of ether oxygens (including phenoxy) is 2. The number of hydrogen-bond acceptors (Lipinski definition) is 5. The Labute approximate surface area is 143 Å². The Hall–Kier alpha value is -1.69. The third-order valence-corrected chi connectivity index (χ3v) is 1.63. The normalized spacial score (nSPS) is 6.83. The SMILES string of the molecule is C=O.CC.CC.CCCCOC.COC=O.Cc1cn(C)cn1. The molecule has 0 spiro atoms. The lowest BCUT2D eigenvalue weighted by atomic mass is 10.4. The number of carbonyl (C=O) groups is 2. The third kappa shape index (κ3) is 53.2. The summed E-state index contributed by atoms with van der Waals surface area (Å²) in [6, 6.07) is 0. The maximum absolute atomic E-state index is 8.95. The van der Waals surface area contributed by atoms with Gasteiger partial charge >= 0.3 is 0 Å². The van der Waals surface area contributed by atoms with Crippen molar-refractivity contribution in [3.05, 3.63) is 18.2 Å². The molecule has 0 saturated carbocycles. The number of unbranched alkanes of at least 4 members (excludes halogenated alkanes) is 1. The van der Waals surface area contributed by atoms with Crippen molar-refractivity contribution in [2.45, 2.75) is 54.4 Å². The highest BCUT2D eigenvalue weighted by molar-refractivity contribution is 5.36. The molecule has 1 heterocycles.